The van der Waals surface area contributed by atoms with Crippen LogP contribution in [-0.4, -0.2) is 48.1 Å². The average Bonchev–Trinajstić information content (AvgIpc) is 3.31. The van der Waals surface area contributed by atoms with E-state index in [1.165, 1.54) is 6.42 Å². The van der Waals surface area contributed by atoms with Gasteiger partial charge in [0.2, 0.25) is 0 Å². The fourth-order valence-electron chi connectivity index (χ4n) is 4.14. The number of piperazine rings is 1. The van der Waals surface area contributed by atoms with E-state index >= 15 is 0 Å². The molecule has 0 amide bonds. The molecule has 2 heterocycles. The number of nitro groups is 1. The second-order valence-electron chi connectivity index (χ2n) is 7.45. The molecule has 0 N–H and O–H groups in total. The summed E-state index contributed by atoms with van der Waals surface area (Å²) in [6.45, 7) is 8.12. The molecular weight excluding hydrogens is 306 g/mol. The van der Waals surface area contributed by atoms with Crippen LogP contribution in [0.4, 0.5) is 11.4 Å². The standard InChI is InChI=1S/C18H25N3O3/c1-12-7-8-19-9-10-20(11-16(12)19)18-13(2)17(24-14-3-4-14)6-5-15(18)21(22)23/h5-6,12,14,16H,3-4,7-11H2,1-2H3/t12-,16+/m1/s1. The third-order valence-electron chi connectivity index (χ3n) is 5.75. The van der Waals surface area contributed by atoms with Crippen LogP contribution in [0.2, 0.25) is 0 Å². The minimum absolute atomic E-state index is 0.203. The fraction of sp³-hybridized carbons (Fsp3) is 0.667. The molecule has 0 aromatic heterocycles. The van der Waals surface area contributed by atoms with Gasteiger partial charge in [-0.25, -0.2) is 0 Å². The molecule has 24 heavy (non-hydrogen) atoms. The van der Waals surface area contributed by atoms with Crippen LogP contribution in [0.25, 0.3) is 0 Å². The third kappa shape index (κ3) is 2.73. The molecule has 0 spiro atoms. The summed E-state index contributed by atoms with van der Waals surface area (Å²) < 4.78 is 5.97. The van der Waals surface area contributed by atoms with Crippen molar-refractivity contribution in [3.63, 3.8) is 0 Å². The zero-order valence-electron chi connectivity index (χ0n) is 14.4. The van der Waals surface area contributed by atoms with E-state index in [0.717, 1.165) is 56.0 Å². The molecule has 0 radical (unpaired) electrons. The lowest BCUT2D eigenvalue weighted by Crippen LogP contribution is -2.52. The number of hydrogen-bond donors (Lipinski definition) is 0. The predicted molar refractivity (Wildman–Crippen MR) is 92.8 cm³/mol. The summed E-state index contributed by atoms with van der Waals surface area (Å²) in [6.07, 6.45) is 3.70. The highest BCUT2D eigenvalue weighted by Crippen LogP contribution is 2.41. The maximum absolute atomic E-state index is 11.6. The van der Waals surface area contributed by atoms with Gasteiger partial charge in [0.05, 0.1) is 11.0 Å². The minimum Gasteiger partial charge on any atom is -0.490 e. The van der Waals surface area contributed by atoms with Crippen LogP contribution in [0.1, 0.15) is 31.7 Å². The quantitative estimate of drug-likeness (QED) is 0.627. The lowest BCUT2D eigenvalue weighted by molar-refractivity contribution is -0.384. The van der Waals surface area contributed by atoms with E-state index in [1.807, 2.05) is 6.92 Å². The SMILES string of the molecule is Cc1c(OC2CC2)ccc([N+](=O)[O-])c1N1CCN2CC[C@@H](C)[C@@H]2C1. The van der Waals surface area contributed by atoms with E-state index in [1.54, 1.807) is 12.1 Å². The molecule has 4 rings (SSSR count). The Morgan fingerprint density at radius 3 is 2.71 bits per heavy atom. The van der Waals surface area contributed by atoms with Crippen LogP contribution in [0.5, 0.6) is 5.75 Å². The molecule has 1 saturated carbocycles. The summed E-state index contributed by atoms with van der Waals surface area (Å²) in [6, 6.07) is 3.89. The lowest BCUT2D eigenvalue weighted by Gasteiger charge is -2.40. The van der Waals surface area contributed by atoms with Crippen molar-refractivity contribution in [2.75, 3.05) is 31.1 Å². The Labute approximate surface area is 142 Å². The molecule has 1 aromatic rings. The lowest BCUT2D eigenvalue weighted by atomic mass is 10.00. The number of anilines is 1. The Bertz CT molecular complexity index is 659. The number of benzene rings is 1. The first-order valence-electron chi connectivity index (χ1n) is 8.98. The van der Waals surface area contributed by atoms with E-state index in [2.05, 4.69) is 16.7 Å². The topological polar surface area (TPSA) is 58.9 Å². The van der Waals surface area contributed by atoms with Crippen molar-refractivity contribution >= 4 is 11.4 Å². The number of rotatable bonds is 4. The molecule has 130 valence electrons. The van der Waals surface area contributed by atoms with Gasteiger partial charge in [-0.15, -0.1) is 0 Å². The van der Waals surface area contributed by atoms with Gasteiger partial charge in [0.25, 0.3) is 5.69 Å². The van der Waals surface area contributed by atoms with E-state index in [9.17, 15) is 10.1 Å². The van der Waals surface area contributed by atoms with Crippen molar-refractivity contribution in [1.82, 2.24) is 4.90 Å². The minimum atomic E-state index is -0.256. The van der Waals surface area contributed by atoms with Gasteiger partial charge in [0.15, 0.2) is 0 Å². The van der Waals surface area contributed by atoms with Gasteiger partial charge < -0.3 is 9.64 Å². The summed E-state index contributed by atoms with van der Waals surface area (Å²) >= 11 is 0. The summed E-state index contributed by atoms with van der Waals surface area (Å²) in [4.78, 5) is 16.1. The largest absolute Gasteiger partial charge is 0.490 e. The molecule has 6 nitrogen and oxygen atoms in total. The molecule has 3 fully saturated rings. The van der Waals surface area contributed by atoms with E-state index in [-0.39, 0.29) is 10.6 Å². The first-order chi connectivity index (χ1) is 11.5. The monoisotopic (exact) mass is 331 g/mol. The van der Waals surface area contributed by atoms with Crippen molar-refractivity contribution in [3.05, 3.63) is 27.8 Å². The van der Waals surface area contributed by atoms with E-state index < -0.39 is 0 Å². The van der Waals surface area contributed by atoms with Crippen molar-refractivity contribution in [3.8, 4) is 5.75 Å². The van der Waals surface area contributed by atoms with Gasteiger partial charge in [-0.05, 0) is 44.7 Å². The van der Waals surface area contributed by atoms with Crippen LogP contribution in [-0.2, 0) is 0 Å². The molecule has 3 aliphatic rings. The van der Waals surface area contributed by atoms with Crippen LogP contribution >= 0.6 is 0 Å². The maximum Gasteiger partial charge on any atom is 0.293 e. The molecule has 1 aliphatic carbocycles. The molecule has 1 aromatic carbocycles. The van der Waals surface area contributed by atoms with E-state index in [0.29, 0.717) is 18.1 Å². The third-order valence-corrected chi connectivity index (χ3v) is 5.75. The van der Waals surface area contributed by atoms with Crippen molar-refractivity contribution < 1.29 is 9.66 Å². The summed E-state index contributed by atoms with van der Waals surface area (Å²) in [5.74, 6) is 1.46. The highest BCUT2D eigenvalue weighted by Gasteiger charge is 2.38. The number of fused-ring (bicyclic) bond motifs is 1. The Morgan fingerprint density at radius 2 is 2.00 bits per heavy atom. The van der Waals surface area contributed by atoms with Gasteiger partial charge in [0, 0.05) is 37.3 Å². The van der Waals surface area contributed by atoms with Crippen molar-refractivity contribution in [2.45, 2.75) is 45.3 Å². The van der Waals surface area contributed by atoms with Crippen LogP contribution in [0.3, 0.4) is 0 Å². The Balaban J connectivity index is 1.68. The van der Waals surface area contributed by atoms with Crippen LogP contribution < -0.4 is 9.64 Å². The number of ether oxygens (including phenoxy) is 1. The number of hydrogen-bond acceptors (Lipinski definition) is 5. The zero-order valence-corrected chi connectivity index (χ0v) is 14.4. The van der Waals surface area contributed by atoms with E-state index in [4.69, 9.17) is 4.74 Å². The van der Waals surface area contributed by atoms with Crippen LogP contribution in [0, 0.1) is 23.0 Å². The molecule has 2 saturated heterocycles. The average molecular weight is 331 g/mol. The van der Waals surface area contributed by atoms with Gasteiger partial charge >= 0.3 is 0 Å². The smallest absolute Gasteiger partial charge is 0.293 e. The Hall–Kier alpha value is -1.82. The molecule has 0 bridgehead atoms. The first-order valence-corrected chi connectivity index (χ1v) is 8.98. The van der Waals surface area contributed by atoms with Crippen LogP contribution in [0.15, 0.2) is 12.1 Å². The second kappa shape index (κ2) is 5.92. The molecule has 6 heteroatoms. The van der Waals surface area contributed by atoms with Crippen molar-refractivity contribution in [2.24, 2.45) is 5.92 Å². The molecular formula is C18H25N3O3. The Morgan fingerprint density at radius 1 is 1.21 bits per heavy atom. The summed E-state index contributed by atoms with van der Waals surface area (Å²) in [7, 11) is 0. The van der Waals surface area contributed by atoms with Gasteiger partial charge in [-0.3, -0.25) is 15.0 Å². The highest BCUT2D eigenvalue weighted by atomic mass is 16.6. The first kappa shape index (κ1) is 15.7. The molecule has 2 aliphatic heterocycles. The predicted octanol–water partition coefficient (Wildman–Crippen LogP) is 2.97. The molecule has 0 unspecified atom stereocenters. The van der Waals surface area contributed by atoms with Crippen molar-refractivity contribution in [1.29, 1.82) is 0 Å². The maximum atomic E-state index is 11.6. The normalized spacial score (nSPS) is 27.2. The highest BCUT2D eigenvalue weighted by molar-refractivity contribution is 5.71. The second-order valence-corrected chi connectivity index (χ2v) is 7.45. The van der Waals surface area contributed by atoms with Gasteiger partial charge in [0.1, 0.15) is 11.4 Å². The fourth-order valence-corrected chi connectivity index (χ4v) is 4.14. The number of nitrogens with zero attached hydrogens (tertiary/aromatic N) is 3. The summed E-state index contributed by atoms with van der Waals surface area (Å²) in [5.41, 5.74) is 1.88. The zero-order chi connectivity index (χ0) is 16.8. The molecule has 2 atom stereocenters. The summed E-state index contributed by atoms with van der Waals surface area (Å²) in [5, 5.41) is 11.6. The van der Waals surface area contributed by atoms with Gasteiger partial charge in [-0.2, -0.15) is 0 Å². The number of nitro benzene ring substituents is 1. The Kier molecular flexibility index (Phi) is 3.87. The van der Waals surface area contributed by atoms with Gasteiger partial charge in [-0.1, -0.05) is 6.92 Å².